The highest BCUT2D eigenvalue weighted by Gasteiger charge is 2.13. The summed E-state index contributed by atoms with van der Waals surface area (Å²) in [6, 6.07) is 11.6. The van der Waals surface area contributed by atoms with Crippen molar-refractivity contribution in [1.82, 2.24) is 0 Å². The normalized spacial score (nSPS) is 10.1. The topological polar surface area (TPSA) is 55.4 Å². The van der Waals surface area contributed by atoms with Crippen LogP contribution in [0.15, 0.2) is 42.5 Å². The van der Waals surface area contributed by atoms with Crippen LogP contribution >= 0.6 is 45.8 Å². The van der Waals surface area contributed by atoms with Crippen molar-refractivity contribution in [2.24, 2.45) is 0 Å². The Morgan fingerprint density at radius 3 is 2.59 bits per heavy atom. The molecular formula is C15H10Cl2INO3. The van der Waals surface area contributed by atoms with Gasteiger partial charge in [-0.15, -0.1) is 0 Å². The van der Waals surface area contributed by atoms with Gasteiger partial charge in [-0.2, -0.15) is 0 Å². The van der Waals surface area contributed by atoms with Gasteiger partial charge in [0.25, 0.3) is 5.91 Å². The first kappa shape index (κ1) is 17.1. The fourth-order valence-corrected chi connectivity index (χ4v) is 2.56. The molecule has 0 unspecified atom stereocenters. The molecule has 114 valence electrons. The van der Waals surface area contributed by atoms with Gasteiger partial charge in [0.1, 0.15) is 0 Å². The van der Waals surface area contributed by atoms with Crippen LogP contribution in [0.4, 0.5) is 5.69 Å². The summed E-state index contributed by atoms with van der Waals surface area (Å²) >= 11 is 13.8. The van der Waals surface area contributed by atoms with Crippen molar-refractivity contribution in [3.05, 3.63) is 61.6 Å². The number of halogens is 3. The highest BCUT2D eigenvalue weighted by Crippen LogP contribution is 2.25. The summed E-state index contributed by atoms with van der Waals surface area (Å²) in [6.07, 6.45) is 0. The number of carbonyl (C=O) groups is 2. The number of rotatable bonds is 4. The van der Waals surface area contributed by atoms with E-state index in [0.717, 1.165) is 3.57 Å². The Kier molecular flexibility index (Phi) is 6.05. The van der Waals surface area contributed by atoms with Gasteiger partial charge in [0.05, 0.1) is 16.3 Å². The molecule has 0 bridgehead atoms. The molecule has 0 saturated heterocycles. The number of esters is 1. The molecule has 2 rings (SSSR count). The van der Waals surface area contributed by atoms with Gasteiger partial charge < -0.3 is 10.1 Å². The van der Waals surface area contributed by atoms with Crippen LogP contribution in [0, 0.1) is 3.57 Å². The van der Waals surface area contributed by atoms with E-state index in [1.807, 2.05) is 28.7 Å². The number of amides is 1. The zero-order valence-corrected chi connectivity index (χ0v) is 14.8. The maximum absolute atomic E-state index is 11.9. The van der Waals surface area contributed by atoms with Crippen molar-refractivity contribution >= 4 is 63.4 Å². The van der Waals surface area contributed by atoms with E-state index >= 15 is 0 Å². The molecule has 0 heterocycles. The molecule has 0 fully saturated rings. The second-order valence-electron chi connectivity index (χ2n) is 4.23. The summed E-state index contributed by atoms with van der Waals surface area (Å²) < 4.78 is 5.73. The molecule has 0 aliphatic carbocycles. The number of hydrogen-bond donors (Lipinski definition) is 1. The number of ether oxygens (including phenoxy) is 1. The maximum Gasteiger partial charge on any atom is 0.339 e. The molecule has 2 aromatic rings. The molecular weight excluding hydrogens is 440 g/mol. The molecule has 1 amide bonds. The van der Waals surface area contributed by atoms with Crippen molar-refractivity contribution in [3.63, 3.8) is 0 Å². The van der Waals surface area contributed by atoms with Gasteiger partial charge in [-0.25, -0.2) is 4.79 Å². The average Bonchev–Trinajstić information content (AvgIpc) is 2.49. The standard InChI is InChI=1S/C15H10Cl2INO3/c16-9-5-6-11(17)13(7-9)19-14(20)8-22-15(21)10-3-1-2-4-12(10)18/h1-7H,8H2,(H,19,20). The van der Waals surface area contributed by atoms with E-state index in [1.165, 1.54) is 6.07 Å². The number of carbonyl (C=O) groups excluding carboxylic acids is 2. The predicted molar refractivity (Wildman–Crippen MR) is 94.5 cm³/mol. The van der Waals surface area contributed by atoms with Crippen molar-refractivity contribution in [3.8, 4) is 0 Å². The molecule has 0 aliphatic heterocycles. The lowest BCUT2D eigenvalue weighted by Crippen LogP contribution is -2.21. The van der Waals surface area contributed by atoms with Crippen molar-refractivity contribution in [2.45, 2.75) is 0 Å². The van der Waals surface area contributed by atoms with Crippen LogP contribution in [0.1, 0.15) is 10.4 Å². The molecule has 0 radical (unpaired) electrons. The number of anilines is 1. The quantitative estimate of drug-likeness (QED) is 0.556. The van der Waals surface area contributed by atoms with Gasteiger partial charge in [-0.05, 0) is 52.9 Å². The van der Waals surface area contributed by atoms with Crippen molar-refractivity contribution < 1.29 is 14.3 Å². The second-order valence-corrected chi connectivity index (χ2v) is 6.23. The van der Waals surface area contributed by atoms with E-state index in [1.54, 1.807) is 30.3 Å². The van der Waals surface area contributed by atoms with E-state index in [2.05, 4.69) is 5.32 Å². The van der Waals surface area contributed by atoms with Crippen LogP contribution in [0.25, 0.3) is 0 Å². The van der Waals surface area contributed by atoms with Gasteiger partial charge in [0.2, 0.25) is 0 Å². The zero-order chi connectivity index (χ0) is 16.1. The molecule has 7 heteroatoms. The molecule has 2 aromatic carbocycles. The molecule has 0 aliphatic rings. The fourth-order valence-electron chi connectivity index (χ4n) is 1.62. The van der Waals surface area contributed by atoms with Gasteiger partial charge in [-0.1, -0.05) is 35.3 Å². The second kappa shape index (κ2) is 7.80. The minimum absolute atomic E-state index is 0.349. The Labute approximate surface area is 150 Å². The van der Waals surface area contributed by atoms with Crippen LogP contribution in [0.5, 0.6) is 0 Å². The van der Waals surface area contributed by atoms with Crippen LogP contribution in [0.2, 0.25) is 10.0 Å². The third-order valence-electron chi connectivity index (χ3n) is 2.63. The van der Waals surface area contributed by atoms with E-state index < -0.39 is 18.5 Å². The van der Waals surface area contributed by atoms with Gasteiger partial charge in [-0.3, -0.25) is 4.79 Å². The molecule has 22 heavy (non-hydrogen) atoms. The molecule has 0 spiro atoms. The summed E-state index contributed by atoms with van der Waals surface area (Å²) in [6.45, 7) is -0.410. The van der Waals surface area contributed by atoms with Crippen LogP contribution in [-0.2, 0) is 9.53 Å². The van der Waals surface area contributed by atoms with Crippen molar-refractivity contribution in [2.75, 3.05) is 11.9 Å². The number of hydrogen-bond acceptors (Lipinski definition) is 3. The van der Waals surface area contributed by atoms with E-state index in [9.17, 15) is 9.59 Å². The van der Waals surface area contributed by atoms with Crippen LogP contribution in [0.3, 0.4) is 0 Å². The zero-order valence-electron chi connectivity index (χ0n) is 11.1. The first-order valence-electron chi connectivity index (χ1n) is 6.14. The minimum atomic E-state index is -0.558. The largest absolute Gasteiger partial charge is 0.452 e. The maximum atomic E-state index is 11.9. The fraction of sp³-hybridized carbons (Fsp3) is 0.0667. The molecule has 1 N–H and O–H groups in total. The average molecular weight is 450 g/mol. The summed E-state index contributed by atoms with van der Waals surface area (Å²) in [5.41, 5.74) is 0.779. The predicted octanol–water partition coefficient (Wildman–Crippen LogP) is 4.39. The van der Waals surface area contributed by atoms with Gasteiger partial charge in [0, 0.05) is 8.59 Å². The molecule has 0 aromatic heterocycles. The Hall–Kier alpha value is -1.31. The molecule has 0 saturated carbocycles. The Morgan fingerprint density at radius 2 is 1.86 bits per heavy atom. The van der Waals surface area contributed by atoms with Gasteiger partial charge >= 0.3 is 5.97 Å². The van der Waals surface area contributed by atoms with E-state index in [-0.39, 0.29) is 0 Å². The summed E-state index contributed by atoms with van der Waals surface area (Å²) in [5.74, 6) is -1.05. The minimum Gasteiger partial charge on any atom is -0.452 e. The highest BCUT2D eigenvalue weighted by atomic mass is 127. The number of nitrogens with one attached hydrogen (secondary N) is 1. The van der Waals surface area contributed by atoms with Crippen LogP contribution in [-0.4, -0.2) is 18.5 Å². The van der Waals surface area contributed by atoms with Crippen LogP contribution < -0.4 is 5.32 Å². The Bertz CT molecular complexity index is 722. The van der Waals surface area contributed by atoms with Gasteiger partial charge in [0.15, 0.2) is 6.61 Å². The monoisotopic (exact) mass is 449 g/mol. The lowest BCUT2D eigenvalue weighted by Gasteiger charge is -2.09. The highest BCUT2D eigenvalue weighted by molar-refractivity contribution is 14.1. The third kappa shape index (κ3) is 4.59. The van der Waals surface area contributed by atoms with E-state index in [4.69, 9.17) is 27.9 Å². The first-order chi connectivity index (χ1) is 10.5. The Morgan fingerprint density at radius 1 is 1.14 bits per heavy atom. The summed E-state index contributed by atoms with van der Waals surface area (Å²) in [4.78, 5) is 23.7. The molecule has 4 nitrogen and oxygen atoms in total. The lowest BCUT2D eigenvalue weighted by atomic mass is 10.2. The van der Waals surface area contributed by atoms with E-state index in [0.29, 0.717) is 21.3 Å². The lowest BCUT2D eigenvalue weighted by molar-refractivity contribution is -0.119. The smallest absolute Gasteiger partial charge is 0.339 e. The first-order valence-corrected chi connectivity index (χ1v) is 7.97. The summed E-state index contributed by atoms with van der Waals surface area (Å²) in [7, 11) is 0. The molecule has 0 atom stereocenters. The third-order valence-corrected chi connectivity index (χ3v) is 4.14. The Balaban J connectivity index is 1.94. The SMILES string of the molecule is O=C(COC(=O)c1ccccc1I)Nc1cc(Cl)ccc1Cl. The number of benzene rings is 2. The van der Waals surface area contributed by atoms with Crippen molar-refractivity contribution in [1.29, 1.82) is 0 Å². The summed E-state index contributed by atoms with van der Waals surface area (Å²) in [5, 5.41) is 3.33.